The fraction of sp³-hybridized carbons (Fsp3) is 0.909. The predicted octanol–water partition coefficient (Wildman–Crippen LogP) is 1.31. The Hall–Kier alpha value is -0.820. The molecule has 0 rings (SSSR count). The van der Waals surface area contributed by atoms with Gasteiger partial charge in [-0.1, -0.05) is 13.8 Å². The van der Waals surface area contributed by atoms with E-state index in [1.165, 1.54) is 14.0 Å². The van der Waals surface area contributed by atoms with E-state index in [2.05, 4.69) is 5.32 Å². The maximum absolute atomic E-state index is 11.9. The van der Waals surface area contributed by atoms with Gasteiger partial charge in [-0.05, 0) is 12.8 Å². The maximum atomic E-state index is 11.9. The zero-order valence-corrected chi connectivity index (χ0v) is 11.1. The minimum absolute atomic E-state index is 0.0818. The Balaban J connectivity index is 4.20. The minimum atomic E-state index is -4.39. The summed E-state index contributed by atoms with van der Waals surface area (Å²) < 4.78 is 40.8. The van der Waals surface area contributed by atoms with Crippen LogP contribution in [0, 0.1) is 5.92 Å². The highest BCUT2D eigenvalue weighted by Crippen LogP contribution is 2.12. The van der Waals surface area contributed by atoms with Gasteiger partial charge in [0.1, 0.15) is 6.54 Å². The monoisotopic (exact) mass is 270 g/mol. The fourth-order valence-electron chi connectivity index (χ4n) is 1.35. The zero-order valence-electron chi connectivity index (χ0n) is 11.1. The molecular formula is C11H21F3N2O2. The number of amides is 1. The normalized spacial score (nSPS) is 15.6. The molecular weight excluding hydrogens is 249 g/mol. The molecule has 1 amide bonds. The highest BCUT2D eigenvalue weighted by molar-refractivity contribution is 5.81. The van der Waals surface area contributed by atoms with E-state index in [1.807, 2.05) is 19.2 Å². The molecule has 0 heterocycles. The number of rotatable bonds is 7. The van der Waals surface area contributed by atoms with Crippen molar-refractivity contribution >= 4 is 5.91 Å². The summed E-state index contributed by atoms with van der Waals surface area (Å²) >= 11 is 0. The van der Waals surface area contributed by atoms with E-state index < -0.39 is 24.7 Å². The third kappa shape index (κ3) is 7.50. The first kappa shape index (κ1) is 17.2. The number of halogens is 3. The van der Waals surface area contributed by atoms with Crippen LogP contribution in [-0.2, 0) is 9.53 Å². The lowest BCUT2D eigenvalue weighted by Gasteiger charge is -2.25. The van der Waals surface area contributed by atoms with Crippen molar-refractivity contribution < 1.29 is 22.7 Å². The second kappa shape index (κ2) is 7.58. The van der Waals surface area contributed by atoms with Gasteiger partial charge in [0, 0.05) is 13.2 Å². The molecule has 2 unspecified atom stereocenters. The van der Waals surface area contributed by atoms with Gasteiger partial charge in [0.25, 0.3) is 0 Å². The van der Waals surface area contributed by atoms with Crippen molar-refractivity contribution in [2.75, 3.05) is 20.3 Å². The van der Waals surface area contributed by atoms with Gasteiger partial charge in [0.2, 0.25) is 5.91 Å². The van der Waals surface area contributed by atoms with Gasteiger partial charge in [-0.2, -0.15) is 13.2 Å². The third-order valence-electron chi connectivity index (χ3n) is 2.47. The van der Waals surface area contributed by atoms with Crippen LogP contribution < -0.4 is 10.6 Å². The summed E-state index contributed by atoms with van der Waals surface area (Å²) in [6.45, 7) is 4.49. The lowest BCUT2D eigenvalue weighted by atomic mass is 10.0. The van der Waals surface area contributed by atoms with Gasteiger partial charge in [0.15, 0.2) is 0 Å². The standard InChI is InChI=1S/C11H21F3N2O2/c1-7(2)9(5-18-4)16-8(3)10(17)15-6-11(12,13)14/h7-9,16H,5-6H2,1-4H3,(H,15,17). The van der Waals surface area contributed by atoms with Crippen molar-refractivity contribution in [3.8, 4) is 0 Å². The number of ether oxygens (including phenoxy) is 1. The van der Waals surface area contributed by atoms with Crippen molar-refractivity contribution in [3.05, 3.63) is 0 Å². The van der Waals surface area contributed by atoms with Crippen LogP contribution in [0.25, 0.3) is 0 Å². The Morgan fingerprint density at radius 2 is 1.83 bits per heavy atom. The third-order valence-corrected chi connectivity index (χ3v) is 2.47. The number of hydrogen-bond donors (Lipinski definition) is 2. The van der Waals surface area contributed by atoms with Gasteiger partial charge in [-0.3, -0.25) is 4.79 Å². The summed E-state index contributed by atoms with van der Waals surface area (Å²) in [4.78, 5) is 11.4. The van der Waals surface area contributed by atoms with Crippen LogP contribution in [0.1, 0.15) is 20.8 Å². The summed E-state index contributed by atoms with van der Waals surface area (Å²) in [7, 11) is 1.53. The Morgan fingerprint density at radius 3 is 2.22 bits per heavy atom. The first-order valence-corrected chi connectivity index (χ1v) is 5.76. The lowest BCUT2D eigenvalue weighted by Crippen LogP contribution is -2.51. The van der Waals surface area contributed by atoms with Gasteiger partial charge >= 0.3 is 6.18 Å². The first-order valence-electron chi connectivity index (χ1n) is 5.76. The average molecular weight is 270 g/mol. The van der Waals surface area contributed by atoms with E-state index >= 15 is 0 Å². The molecule has 0 aliphatic carbocycles. The average Bonchev–Trinajstić information content (AvgIpc) is 2.23. The summed E-state index contributed by atoms with van der Waals surface area (Å²) in [6.07, 6.45) is -4.39. The Labute approximate surface area is 105 Å². The van der Waals surface area contributed by atoms with Crippen LogP contribution >= 0.6 is 0 Å². The van der Waals surface area contributed by atoms with Crippen molar-refractivity contribution in [1.82, 2.24) is 10.6 Å². The quantitative estimate of drug-likeness (QED) is 0.733. The molecule has 2 N–H and O–H groups in total. The lowest BCUT2D eigenvalue weighted by molar-refractivity contribution is -0.139. The van der Waals surface area contributed by atoms with E-state index in [1.54, 1.807) is 0 Å². The number of nitrogens with one attached hydrogen (secondary N) is 2. The molecule has 0 aliphatic heterocycles. The number of alkyl halides is 3. The molecule has 7 heteroatoms. The molecule has 0 fully saturated rings. The molecule has 0 aromatic rings. The summed E-state index contributed by atoms with van der Waals surface area (Å²) in [6, 6.07) is -0.781. The second-order valence-electron chi connectivity index (χ2n) is 4.53. The van der Waals surface area contributed by atoms with Crippen LogP contribution in [0.4, 0.5) is 13.2 Å². The van der Waals surface area contributed by atoms with Gasteiger partial charge in [0.05, 0.1) is 12.6 Å². The van der Waals surface area contributed by atoms with E-state index in [9.17, 15) is 18.0 Å². The summed E-state index contributed by atoms with van der Waals surface area (Å²) in [5, 5.41) is 4.79. The van der Waals surface area contributed by atoms with Crippen LogP contribution in [-0.4, -0.2) is 44.4 Å². The van der Waals surface area contributed by atoms with Crippen molar-refractivity contribution in [2.24, 2.45) is 5.92 Å². The summed E-state index contributed by atoms with van der Waals surface area (Å²) in [5.41, 5.74) is 0. The molecule has 18 heavy (non-hydrogen) atoms. The predicted molar refractivity (Wildman–Crippen MR) is 62.2 cm³/mol. The highest BCUT2D eigenvalue weighted by atomic mass is 19.4. The molecule has 2 atom stereocenters. The highest BCUT2D eigenvalue weighted by Gasteiger charge is 2.29. The molecule has 4 nitrogen and oxygen atoms in total. The Morgan fingerprint density at radius 1 is 1.28 bits per heavy atom. The number of methoxy groups -OCH3 is 1. The molecule has 0 saturated heterocycles. The maximum Gasteiger partial charge on any atom is 0.405 e. The van der Waals surface area contributed by atoms with Crippen LogP contribution in [0.3, 0.4) is 0 Å². The number of carbonyl (C=O) groups is 1. The first-order chi connectivity index (χ1) is 8.17. The van der Waals surface area contributed by atoms with Gasteiger partial charge in [-0.15, -0.1) is 0 Å². The molecule has 0 saturated carbocycles. The van der Waals surface area contributed by atoms with Gasteiger partial charge < -0.3 is 15.4 Å². The molecule has 0 bridgehead atoms. The second-order valence-corrected chi connectivity index (χ2v) is 4.53. The number of hydrogen-bond acceptors (Lipinski definition) is 3. The smallest absolute Gasteiger partial charge is 0.383 e. The molecule has 0 aliphatic rings. The Bertz CT molecular complexity index is 257. The van der Waals surface area contributed by atoms with E-state index in [0.29, 0.717) is 6.61 Å². The summed E-state index contributed by atoms with van der Waals surface area (Å²) in [5.74, 6) is -0.461. The zero-order chi connectivity index (χ0) is 14.3. The van der Waals surface area contributed by atoms with Crippen molar-refractivity contribution in [2.45, 2.75) is 39.0 Å². The van der Waals surface area contributed by atoms with E-state index in [0.717, 1.165) is 0 Å². The largest absolute Gasteiger partial charge is 0.405 e. The minimum Gasteiger partial charge on any atom is -0.383 e. The molecule has 0 radical (unpaired) electrons. The molecule has 0 spiro atoms. The van der Waals surface area contributed by atoms with Crippen molar-refractivity contribution in [3.63, 3.8) is 0 Å². The van der Waals surface area contributed by atoms with Crippen LogP contribution in [0.2, 0.25) is 0 Å². The Kier molecular flexibility index (Phi) is 7.23. The van der Waals surface area contributed by atoms with E-state index in [-0.39, 0.29) is 12.0 Å². The molecule has 0 aromatic carbocycles. The molecule has 108 valence electrons. The topological polar surface area (TPSA) is 50.4 Å². The fourth-order valence-corrected chi connectivity index (χ4v) is 1.35. The van der Waals surface area contributed by atoms with Crippen molar-refractivity contribution in [1.29, 1.82) is 0 Å². The SMILES string of the molecule is COCC(NC(C)C(=O)NCC(F)(F)F)C(C)C. The van der Waals surface area contributed by atoms with Gasteiger partial charge in [-0.25, -0.2) is 0 Å². The van der Waals surface area contributed by atoms with Crippen LogP contribution in [0.15, 0.2) is 0 Å². The van der Waals surface area contributed by atoms with E-state index in [4.69, 9.17) is 4.74 Å². The van der Waals surface area contributed by atoms with Crippen LogP contribution in [0.5, 0.6) is 0 Å². The number of carbonyl (C=O) groups excluding carboxylic acids is 1. The molecule has 0 aromatic heterocycles.